The zero-order chi connectivity index (χ0) is 13.6. The molecule has 94 valence electrons. The Balaban J connectivity index is 2.18. The number of halogens is 1. The van der Waals surface area contributed by atoms with Crippen LogP contribution in [0.3, 0.4) is 0 Å². The van der Waals surface area contributed by atoms with Gasteiger partial charge >= 0.3 is 0 Å². The summed E-state index contributed by atoms with van der Waals surface area (Å²) in [5, 5.41) is 12.8. The van der Waals surface area contributed by atoms with Crippen molar-refractivity contribution >= 4 is 28.8 Å². The highest BCUT2D eigenvalue weighted by molar-refractivity contribution is 6.52. The Hall–Kier alpha value is -2.13. The first-order valence-corrected chi connectivity index (χ1v) is 6.21. The van der Waals surface area contributed by atoms with Crippen molar-refractivity contribution in [2.45, 2.75) is 6.92 Å². The first-order chi connectivity index (χ1) is 9.08. The van der Waals surface area contributed by atoms with Gasteiger partial charge in [0.2, 0.25) is 5.69 Å². The normalized spacial score (nSPS) is 13.9. The molecule has 0 saturated carbocycles. The molecule has 0 saturated heterocycles. The van der Waals surface area contributed by atoms with Gasteiger partial charge in [-0.1, -0.05) is 17.7 Å². The molecule has 0 aromatic heterocycles. The molecule has 4 heteroatoms. The predicted molar refractivity (Wildman–Crippen MR) is 74.4 cm³/mol. The number of hydrogen-bond donors (Lipinski definition) is 0. The third-order valence-electron chi connectivity index (χ3n) is 3.15. The van der Waals surface area contributed by atoms with Crippen LogP contribution in [0.1, 0.15) is 21.5 Å². The lowest BCUT2D eigenvalue weighted by molar-refractivity contribution is -0.355. The summed E-state index contributed by atoms with van der Waals surface area (Å²) in [4.78, 5) is 12.3. The topological polar surface area (TPSA) is 43.1 Å². The van der Waals surface area contributed by atoms with Gasteiger partial charge in [0.05, 0.1) is 5.56 Å². The number of carbonyl (C=O) groups is 1. The van der Waals surface area contributed by atoms with Gasteiger partial charge in [0, 0.05) is 11.1 Å². The van der Waals surface area contributed by atoms with Crippen molar-refractivity contribution in [1.82, 2.24) is 0 Å². The number of nitrogens with zero attached hydrogens (tertiary/aromatic N) is 1. The third-order valence-corrected chi connectivity index (χ3v) is 3.40. The Bertz CT molecular complexity index is 717. The van der Waals surface area contributed by atoms with Crippen LogP contribution >= 0.6 is 11.6 Å². The highest BCUT2D eigenvalue weighted by Crippen LogP contribution is 2.29. The number of ketones is 1. The molecule has 0 N–H and O–H groups in total. The average molecular weight is 272 g/mol. The molecule has 2 aromatic carbocycles. The van der Waals surface area contributed by atoms with E-state index in [1.54, 1.807) is 36.4 Å². The average Bonchev–Trinajstić information content (AvgIpc) is 2.63. The molecular weight excluding hydrogens is 262 g/mol. The second-order valence-corrected chi connectivity index (χ2v) is 4.94. The summed E-state index contributed by atoms with van der Waals surface area (Å²) in [6, 6.07) is 11.9. The van der Waals surface area contributed by atoms with E-state index in [4.69, 9.17) is 11.6 Å². The molecule has 0 bridgehead atoms. The number of aryl methyl sites for hydroxylation is 1. The highest BCUT2D eigenvalue weighted by atomic mass is 35.5. The summed E-state index contributed by atoms with van der Waals surface area (Å²) in [5.74, 6) is -0.243. The number of fused-ring (bicyclic) bond motifs is 1. The number of rotatable bonds is 1. The Morgan fingerprint density at radius 1 is 1.11 bits per heavy atom. The second kappa shape index (κ2) is 4.21. The number of carbonyl (C=O) groups excluding carboxylic acids is 1. The lowest BCUT2D eigenvalue weighted by atomic mass is 10.0. The van der Waals surface area contributed by atoms with Gasteiger partial charge in [-0.3, -0.25) is 4.79 Å². The molecule has 0 aliphatic carbocycles. The first-order valence-electron chi connectivity index (χ1n) is 5.83. The fourth-order valence-corrected chi connectivity index (χ4v) is 2.32. The molecular formula is C15H10ClNO2. The summed E-state index contributed by atoms with van der Waals surface area (Å²) >= 11 is 5.82. The second-order valence-electron chi connectivity index (χ2n) is 4.50. The molecule has 1 heterocycles. The molecule has 0 radical (unpaired) electrons. The van der Waals surface area contributed by atoms with E-state index in [2.05, 4.69) is 0 Å². The van der Waals surface area contributed by atoms with E-state index in [1.165, 1.54) is 0 Å². The van der Waals surface area contributed by atoms with Gasteiger partial charge in [-0.15, -0.1) is 0 Å². The molecule has 1 aliphatic heterocycles. The van der Waals surface area contributed by atoms with Crippen LogP contribution in [0.4, 0.5) is 5.69 Å². The molecule has 1 aliphatic rings. The predicted octanol–water partition coefficient (Wildman–Crippen LogP) is 3.48. The fourth-order valence-electron chi connectivity index (χ4n) is 2.20. The van der Waals surface area contributed by atoms with Crippen molar-refractivity contribution in [3.8, 4) is 0 Å². The summed E-state index contributed by atoms with van der Waals surface area (Å²) in [6.45, 7) is 1.89. The SMILES string of the molecule is Cc1ccc2c(c1)[N+]([O-])=C(c1ccc(Cl)cc1)C2=O. The van der Waals surface area contributed by atoms with Crippen LogP contribution in [0.2, 0.25) is 5.02 Å². The van der Waals surface area contributed by atoms with E-state index in [0.29, 0.717) is 26.6 Å². The number of Topliss-reactive ketones (excluding diaryl/α,β-unsaturated/α-hetero) is 1. The molecule has 19 heavy (non-hydrogen) atoms. The monoisotopic (exact) mass is 271 g/mol. The summed E-state index contributed by atoms with van der Waals surface area (Å²) in [6.07, 6.45) is 0. The lowest BCUT2D eigenvalue weighted by Gasteiger charge is -2.02. The van der Waals surface area contributed by atoms with Crippen LogP contribution in [0.25, 0.3) is 0 Å². The van der Waals surface area contributed by atoms with Crippen LogP contribution in [0.5, 0.6) is 0 Å². The Morgan fingerprint density at radius 3 is 2.47 bits per heavy atom. The van der Waals surface area contributed by atoms with E-state index in [1.807, 2.05) is 13.0 Å². The Morgan fingerprint density at radius 2 is 1.79 bits per heavy atom. The van der Waals surface area contributed by atoms with Crippen molar-refractivity contribution in [2.75, 3.05) is 0 Å². The van der Waals surface area contributed by atoms with Crippen LogP contribution in [-0.2, 0) is 0 Å². The Labute approximate surface area is 115 Å². The van der Waals surface area contributed by atoms with E-state index in [-0.39, 0.29) is 11.5 Å². The van der Waals surface area contributed by atoms with Crippen molar-refractivity contribution < 1.29 is 9.53 Å². The Kier molecular flexibility index (Phi) is 2.64. The zero-order valence-electron chi connectivity index (χ0n) is 10.2. The molecule has 0 unspecified atom stereocenters. The standard InChI is InChI=1S/C15H10ClNO2/c1-9-2-7-12-13(8-9)17(19)14(15(12)18)10-3-5-11(16)6-4-10/h2-8H,1H3. The fraction of sp³-hybridized carbons (Fsp3) is 0.0667. The summed E-state index contributed by atoms with van der Waals surface area (Å²) < 4.78 is 0.702. The third kappa shape index (κ3) is 1.83. The van der Waals surface area contributed by atoms with Gasteiger partial charge in [-0.05, 0) is 42.8 Å². The van der Waals surface area contributed by atoms with Crippen LogP contribution in [0.15, 0.2) is 42.5 Å². The molecule has 3 rings (SSSR count). The van der Waals surface area contributed by atoms with Crippen molar-refractivity contribution in [1.29, 1.82) is 0 Å². The van der Waals surface area contributed by atoms with E-state index in [0.717, 1.165) is 5.56 Å². The highest BCUT2D eigenvalue weighted by Gasteiger charge is 2.36. The van der Waals surface area contributed by atoms with Gasteiger partial charge in [0.1, 0.15) is 5.56 Å². The van der Waals surface area contributed by atoms with Crippen LogP contribution in [0, 0.1) is 12.1 Å². The molecule has 0 spiro atoms. The van der Waals surface area contributed by atoms with E-state index in [9.17, 15) is 10.0 Å². The smallest absolute Gasteiger partial charge is 0.272 e. The molecule has 3 nitrogen and oxygen atoms in total. The minimum Gasteiger partial charge on any atom is -0.618 e. The van der Waals surface area contributed by atoms with Crippen molar-refractivity contribution in [2.24, 2.45) is 0 Å². The zero-order valence-corrected chi connectivity index (χ0v) is 10.9. The number of benzene rings is 2. The maximum atomic E-state index is 12.3. The maximum absolute atomic E-state index is 12.3. The van der Waals surface area contributed by atoms with Crippen LogP contribution in [-0.4, -0.2) is 16.2 Å². The maximum Gasteiger partial charge on any atom is 0.272 e. The number of hydrogen-bond acceptors (Lipinski definition) is 2. The van der Waals surface area contributed by atoms with Gasteiger partial charge < -0.3 is 5.21 Å². The molecule has 2 aromatic rings. The van der Waals surface area contributed by atoms with Crippen molar-refractivity contribution in [3.63, 3.8) is 0 Å². The van der Waals surface area contributed by atoms with Gasteiger partial charge in [-0.2, -0.15) is 4.74 Å². The molecule has 0 atom stereocenters. The minimum absolute atomic E-state index is 0.150. The molecule has 0 fully saturated rings. The van der Waals surface area contributed by atoms with Gasteiger partial charge in [0.25, 0.3) is 11.5 Å². The van der Waals surface area contributed by atoms with Gasteiger partial charge in [-0.25, -0.2) is 0 Å². The van der Waals surface area contributed by atoms with Crippen LogP contribution < -0.4 is 0 Å². The molecule has 0 amide bonds. The van der Waals surface area contributed by atoms with E-state index < -0.39 is 0 Å². The first kappa shape index (κ1) is 11.9. The van der Waals surface area contributed by atoms with Crippen molar-refractivity contribution in [3.05, 3.63) is 69.4 Å². The minimum atomic E-state index is -0.243. The largest absolute Gasteiger partial charge is 0.618 e. The summed E-state index contributed by atoms with van der Waals surface area (Å²) in [5.41, 5.74) is 2.54. The summed E-state index contributed by atoms with van der Waals surface area (Å²) in [7, 11) is 0. The van der Waals surface area contributed by atoms with Gasteiger partial charge in [0.15, 0.2) is 0 Å². The lowest BCUT2D eigenvalue weighted by Crippen LogP contribution is -2.16. The quantitative estimate of drug-likeness (QED) is 0.589. The van der Waals surface area contributed by atoms with E-state index >= 15 is 0 Å².